The Morgan fingerprint density at radius 1 is 1.27 bits per heavy atom. The summed E-state index contributed by atoms with van der Waals surface area (Å²) in [6.45, 7) is 7.70. The molecule has 3 heterocycles. The van der Waals surface area contributed by atoms with Gasteiger partial charge in [-0.3, -0.25) is 0 Å². The molecule has 0 aliphatic carbocycles. The Kier molecular flexibility index (Phi) is 4.01. The summed E-state index contributed by atoms with van der Waals surface area (Å²) in [6.07, 6.45) is 3.88. The molecule has 3 rings (SSSR count). The molecule has 2 fully saturated rings. The van der Waals surface area contributed by atoms with Crippen molar-refractivity contribution in [3.8, 4) is 0 Å². The third kappa shape index (κ3) is 3.34. The SMILES string of the molecule is Cc1nnc(NC2CC3CCC(C2)N3C(=O)OC(C)(C)C)s1. The molecule has 0 saturated carbocycles. The van der Waals surface area contributed by atoms with Gasteiger partial charge in [0.2, 0.25) is 5.13 Å². The van der Waals surface area contributed by atoms with Crippen LogP contribution in [0.1, 0.15) is 51.5 Å². The zero-order chi connectivity index (χ0) is 15.9. The lowest BCUT2D eigenvalue weighted by Gasteiger charge is -2.39. The summed E-state index contributed by atoms with van der Waals surface area (Å²) in [5.41, 5.74) is -0.435. The van der Waals surface area contributed by atoms with Crippen LogP contribution in [0.15, 0.2) is 0 Å². The topological polar surface area (TPSA) is 67.4 Å². The highest BCUT2D eigenvalue weighted by Gasteiger charge is 2.44. The third-order valence-electron chi connectivity index (χ3n) is 4.19. The minimum Gasteiger partial charge on any atom is -0.444 e. The number of carbonyl (C=O) groups is 1. The summed E-state index contributed by atoms with van der Waals surface area (Å²) >= 11 is 1.58. The number of nitrogens with zero attached hydrogens (tertiary/aromatic N) is 3. The van der Waals surface area contributed by atoms with Crippen LogP contribution in [-0.2, 0) is 4.74 Å². The third-order valence-corrected chi connectivity index (χ3v) is 4.96. The molecule has 0 spiro atoms. The highest BCUT2D eigenvalue weighted by atomic mass is 32.1. The number of amides is 1. The zero-order valence-electron chi connectivity index (χ0n) is 13.6. The van der Waals surface area contributed by atoms with Crippen LogP contribution in [0.25, 0.3) is 0 Å². The standard InChI is InChI=1S/C15H24N4O2S/c1-9-17-18-13(22-9)16-10-7-11-5-6-12(8-10)19(11)14(20)21-15(2,3)4/h10-12H,5-8H2,1-4H3,(H,16,18). The second-order valence-corrected chi connectivity index (χ2v) is 8.39. The number of aromatic nitrogens is 2. The zero-order valence-corrected chi connectivity index (χ0v) is 14.4. The lowest BCUT2D eigenvalue weighted by Crippen LogP contribution is -2.51. The van der Waals surface area contributed by atoms with Gasteiger partial charge in [0, 0.05) is 18.1 Å². The largest absolute Gasteiger partial charge is 0.444 e. The van der Waals surface area contributed by atoms with E-state index in [4.69, 9.17) is 4.74 Å². The van der Waals surface area contributed by atoms with E-state index < -0.39 is 5.60 Å². The van der Waals surface area contributed by atoms with Gasteiger partial charge in [0.1, 0.15) is 10.6 Å². The van der Waals surface area contributed by atoms with Gasteiger partial charge in [0.15, 0.2) is 0 Å². The number of hydrogen-bond acceptors (Lipinski definition) is 6. The normalized spacial score (nSPS) is 27.8. The van der Waals surface area contributed by atoms with Crippen molar-refractivity contribution in [3.05, 3.63) is 5.01 Å². The Labute approximate surface area is 135 Å². The van der Waals surface area contributed by atoms with Crippen LogP contribution >= 0.6 is 11.3 Å². The maximum absolute atomic E-state index is 12.4. The number of carbonyl (C=O) groups excluding carboxylic acids is 1. The van der Waals surface area contributed by atoms with E-state index in [0.29, 0.717) is 6.04 Å². The molecule has 1 aromatic heterocycles. The molecule has 122 valence electrons. The lowest BCUT2D eigenvalue weighted by molar-refractivity contribution is 0.00683. The van der Waals surface area contributed by atoms with Crippen LogP contribution < -0.4 is 5.32 Å². The second-order valence-electron chi connectivity index (χ2n) is 7.21. The molecular formula is C15H24N4O2S. The van der Waals surface area contributed by atoms with E-state index in [1.54, 1.807) is 11.3 Å². The Morgan fingerprint density at radius 3 is 2.41 bits per heavy atom. The van der Waals surface area contributed by atoms with Gasteiger partial charge in [0.05, 0.1) is 0 Å². The van der Waals surface area contributed by atoms with Gasteiger partial charge in [-0.2, -0.15) is 0 Å². The number of anilines is 1. The van der Waals surface area contributed by atoms with Crippen LogP contribution in [0.4, 0.5) is 9.93 Å². The first-order valence-corrected chi connectivity index (χ1v) is 8.71. The first-order valence-electron chi connectivity index (χ1n) is 7.90. The number of hydrogen-bond donors (Lipinski definition) is 1. The van der Waals surface area contributed by atoms with E-state index in [9.17, 15) is 4.79 Å². The van der Waals surface area contributed by atoms with Crippen LogP contribution in [0.5, 0.6) is 0 Å². The first kappa shape index (κ1) is 15.5. The number of nitrogens with one attached hydrogen (secondary N) is 1. The molecule has 1 N–H and O–H groups in total. The average Bonchev–Trinajstić information content (AvgIpc) is 2.89. The molecule has 1 aromatic rings. The molecule has 0 aromatic carbocycles. The number of fused-ring (bicyclic) bond motifs is 2. The van der Waals surface area contributed by atoms with Crippen LogP contribution in [-0.4, -0.2) is 44.9 Å². The monoisotopic (exact) mass is 324 g/mol. The summed E-state index contributed by atoms with van der Waals surface area (Å²) in [6, 6.07) is 0.920. The van der Waals surface area contributed by atoms with Crippen LogP contribution in [0, 0.1) is 6.92 Å². The van der Waals surface area contributed by atoms with Crippen molar-refractivity contribution >= 4 is 22.6 Å². The van der Waals surface area contributed by atoms with Gasteiger partial charge < -0.3 is 15.0 Å². The minimum atomic E-state index is -0.435. The molecule has 6 nitrogen and oxygen atoms in total. The summed E-state index contributed by atoms with van der Waals surface area (Å²) in [5, 5.41) is 13.5. The molecule has 2 bridgehead atoms. The van der Waals surface area contributed by atoms with Gasteiger partial charge in [-0.25, -0.2) is 4.79 Å². The maximum Gasteiger partial charge on any atom is 0.410 e. The lowest BCUT2D eigenvalue weighted by atomic mass is 9.98. The van der Waals surface area contributed by atoms with E-state index in [0.717, 1.165) is 35.8 Å². The molecule has 2 saturated heterocycles. The van der Waals surface area contributed by atoms with Crippen molar-refractivity contribution in [3.63, 3.8) is 0 Å². The van der Waals surface area contributed by atoms with E-state index >= 15 is 0 Å². The number of ether oxygens (including phenoxy) is 1. The Bertz CT molecular complexity index is 540. The van der Waals surface area contributed by atoms with E-state index in [1.807, 2.05) is 32.6 Å². The number of rotatable bonds is 2. The Morgan fingerprint density at radius 2 is 1.91 bits per heavy atom. The molecular weight excluding hydrogens is 300 g/mol. The molecule has 7 heteroatoms. The van der Waals surface area contributed by atoms with E-state index in [2.05, 4.69) is 15.5 Å². The molecule has 2 aliphatic heterocycles. The fourth-order valence-electron chi connectivity index (χ4n) is 3.44. The van der Waals surface area contributed by atoms with Gasteiger partial charge in [-0.15, -0.1) is 10.2 Å². The second kappa shape index (κ2) is 5.68. The van der Waals surface area contributed by atoms with Gasteiger partial charge in [-0.05, 0) is 53.4 Å². The van der Waals surface area contributed by atoms with Crippen molar-refractivity contribution in [2.45, 2.75) is 77.1 Å². The van der Waals surface area contributed by atoms with Crippen LogP contribution in [0.2, 0.25) is 0 Å². The summed E-state index contributed by atoms with van der Waals surface area (Å²) in [7, 11) is 0. The van der Waals surface area contributed by atoms with Gasteiger partial charge >= 0.3 is 6.09 Å². The van der Waals surface area contributed by atoms with E-state index in [-0.39, 0.29) is 18.2 Å². The van der Waals surface area contributed by atoms with E-state index in [1.165, 1.54) is 0 Å². The molecule has 22 heavy (non-hydrogen) atoms. The molecule has 1 amide bonds. The predicted molar refractivity (Wildman–Crippen MR) is 86.2 cm³/mol. The van der Waals surface area contributed by atoms with Crippen molar-refractivity contribution in [1.29, 1.82) is 0 Å². The summed E-state index contributed by atoms with van der Waals surface area (Å²) in [4.78, 5) is 14.4. The highest BCUT2D eigenvalue weighted by molar-refractivity contribution is 7.15. The fraction of sp³-hybridized carbons (Fsp3) is 0.800. The molecule has 2 aliphatic rings. The van der Waals surface area contributed by atoms with Gasteiger partial charge in [0.25, 0.3) is 0 Å². The van der Waals surface area contributed by atoms with Gasteiger partial charge in [-0.1, -0.05) is 11.3 Å². The van der Waals surface area contributed by atoms with Crippen molar-refractivity contribution in [1.82, 2.24) is 15.1 Å². The van der Waals surface area contributed by atoms with Crippen LogP contribution in [0.3, 0.4) is 0 Å². The quantitative estimate of drug-likeness (QED) is 0.905. The Balaban J connectivity index is 1.62. The Hall–Kier alpha value is -1.37. The summed E-state index contributed by atoms with van der Waals surface area (Å²) in [5.74, 6) is 0. The predicted octanol–water partition coefficient (Wildman–Crippen LogP) is 3.19. The van der Waals surface area contributed by atoms with Crippen molar-refractivity contribution < 1.29 is 9.53 Å². The average molecular weight is 324 g/mol. The molecule has 2 unspecified atom stereocenters. The molecule has 2 atom stereocenters. The number of aryl methyl sites for hydroxylation is 1. The minimum absolute atomic E-state index is 0.162. The fourth-order valence-corrected chi connectivity index (χ4v) is 4.11. The first-order chi connectivity index (χ1) is 10.3. The molecule has 0 radical (unpaired) electrons. The highest BCUT2D eigenvalue weighted by Crippen LogP contribution is 2.38. The number of piperidine rings is 1. The van der Waals surface area contributed by atoms with Crippen molar-refractivity contribution in [2.24, 2.45) is 0 Å². The smallest absolute Gasteiger partial charge is 0.410 e. The summed E-state index contributed by atoms with van der Waals surface area (Å²) < 4.78 is 5.56. The van der Waals surface area contributed by atoms with Crippen molar-refractivity contribution in [2.75, 3.05) is 5.32 Å². The maximum atomic E-state index is 12.4.